The van der Waals surface area contributed by atoms with Crippen molar-refractivity contribution in [3.05, 3.63) is 198 Å². The van der Waals surface area contributed by atoms with Crippen LogP contribution in [0.15, 0.2) is 176 Å². The molecule has 10 rings (SSSR count). The van der Waals surface area contributed by atoms with Crippen molar-refractivity contribution in [2.75, 3.05) is 0 Å². The topological polar surface area (TPSA) is 38.7 Å². The Morgan fingerprint density at radius 2 is 0.816 bits per heavy atom. The Bertz CT molecular complexity index is 2490. The largest absolute Gasteiger partial charge is 0.256 e. The summed E-state index contributed by atoms with van der Waals surface area (Å²) in [5.74, 6) is 0.706. The van der Waals surface area contributed by atoms with Gasteiger partial charge in [-0.3, -0.25) is 4.98 Å². The maximum absolute atomic E-state index is 5.19. The molecule has 0 saturated carbocycles. The monoisotopic (exact) mass is 623 g/mol. The van der Waals surface area contributed by atoms with Gasteiger partial charge in [-0.25, -0.2) is 9.97 Å². The zero-order valence-corrected chi connectivity index (χ0v) is 26.6. The Balaban J connectivity index is 1.16. The average Bonchev–Trinajstić information content (AvgIpc) is 3.65. The van der Waals surface area contributed by atoms with Crippen LogP contribution in [0.5, 0.6) is 0 Å². The first-order valence-corrected chi connectivity index (χ1v) is 16.7. The van der Waals surface area contributed by atoms with Crippen molar-refractivity contribution < 1.29 is 0 Å². The van der Waals surface area contributed by atoms with E-state index in [1.807, 2.05) is 42.6 Å². The van der Waals surface area contributed by atoms with Gasteiger partial charge in [0.15, 0.2) is 5.82 Å². The van der Waals surface area contributed by atoms with E-state index in [9.17, 15) is 0 Å². The molecule has 0 radical (unpaired) electrons. The molecule has 0 N–H and O–H groups in total. The third kappa shape index (κ3) is 4.12. The molecule has 2 aliphatic carbocycles. The highest BCUT2D eigenvalue weighted by Gasteiger charge is 2.51. The summed E-state index contributed by atoms with van der Waals surface area (Å²) in [5, 5.41) is 0. The molecular weight excluding hydrogens is 595 g/mol. The molecule has 2 aromatic heterocycles. The van der Waals surface area contributed by atoms with Crippen molar-refractivity contribution in [3.8, 4) is 67.4 Å². The second kappa shape index (κ2) is 10.8. The maximum atomic E-state index is 5.19. The highest BCUT2D eigenvalue weighted by molar-refractivity contribution is 5.96. The van der Waals surface area contributed by atoms with Crippen molar-refractivity contribution in [1.29, 1.82) is 0 Å². The second-order valence-electron chi connectivity index (χ2n) is 12.8. The van der Waals surface area contributed by atoms with Crippen LogP contribution in [0.3, 0.4) is 0 Å². The van der Waals surface area contributed by atoms with Crippen LogP contribution in [0.1, 0.15) is 22.3 Å². The summed E-state index contributed by atoms with van der Waals surface area (Å²) in [4.78, 5) is 14.8. The van der Waals surface area contributed by atoms with Crippen LogP contribution in [-0.2, 0) is 5.41 Å². The van der Waals surface area contributed by atoms with Crippen LogP contribution in [0.4, 0.5) is 0 Å². The van der Waals surface area contributed by atoms with Crippen molar-refractivity contribution in [3.63, 3.8) is 0 Å². The fourth-order valence-corrected chi connectivity index (χ4v) is 8.06. The van der Waals surface area contributed by atoms with Crippen LogP contribution in [-0.4, -0.2) is 15.0 Å². The number of hydrogen-bond acceptors (Lipinski definition) is 3. The molecule has 49 heavy (non-hydrogen) atoms. The minimum Gasteiger partial charge on any atom is -0.256 e. The second-order valence-corrected chi connectivity index (χ2v) is 12.8. The minimum atomic E-state index is -0.362. The van der Waals surface area contributed by atoms with Gasteiger partial charge in [-0.15, -0.1) is 0 Å². The molecule has 0 aliphatic heterocycles. The Morgan fingerprint density at radius 1 is 0.327 bits per heavy atom. The van der Waals surface area contributed by atoms with E-state index in [0.29, 0.717) is 5.82 Å². The van der Waals surface area contributed by atoms with E-state index in [1.54, 1.807) is 0 Å². The van der Waals surface area contributed by atoms with Gasteiger partial charge in [0.2, 0.25) is 0 Å². The first-order chi connectivity index (χ1) is 24.3. The summed E-state index contributed by atoms with van der Waals surface area (Å²) in [6.45, 7) is 0. The van der Waals surface area contributed by atoms with Gasteiger partial charge in [-0.1, -0.05) is 146 Å². The molecule has 8 aromatic rings. The Hall–Kier alpha value is -6.45. The number of aromatic nitrogens is 3. The summed E-state index contributed by atoms with van der Waals surface area (Å²) >= 11 is 0. The maximum Gasteiger partial charge on any atom is 0.160 e. The lowest BCUT2D eigenvalue weighted by molar-refractivity contribution is 0.794. The van der Waals surface area contributed by atoms with Gasteiger partial charge < -0.3 is 0 Å². The van der Waals surface area contributed by atoms with Crippen LogP contribution in [0, 0.1) is 0 Å². The molecule has 2 aliphatic rings. The summed E-state index contributed by atoms with van der Waals surface area (Å²) in [5.41, 5.74) is 17.0. The number of nitrogens with zero attached hydrogens (tertiary/aromatic N) is 3. The smallest absolute Gasteiger partial charge is 0.160 e. The normalized spacial score (nSPS) is 13.1. The lowest BCUT2D eigenvalue weighted by atomic mass is 9.70. The van der Waals surface area contributed by atoms with Crippen LogP contribution >= 0.6 is 0 Å². The van der Waals surface area contributed by atoms with Crippen LogP contribution < -0.4 is 0 Å². The minimum absolute atomic E-state index is 0.362. The molecule has 228 valence electrons. The Kier molecular flexibility index (Phi) is 6.09. The molecule has 0 fully saturated rings. The Morgan fingerprint density at radius 3 is 1.43 bits per heavy atom. The molecular formula is C46H29N3. The number of benzene rings is 6. The van der Waals surface area contributed by atoms with E-state index in [4.69, 9.17) is 9.97 Å². The lowest BCUT2D eigenvalue weighted by Crippen LogP contribution is -2.25. The van der Waals surface area contributed by atoms with Gasteiger partial charge >= 0.3 is 0 Å². The highest BCUT2D eigenvalue weighted by atomic mass is 14.9. The van der Waals surface area contributed by atoms with Gasteiger partial charge in [-0.2, -0.15) is 0 Å². The molecule has 3 nitrogen and oxygen atoms in total. The summed E-state index contributed by atoms with van der Waals surface area (Å²) < 4.78 is 0. The standard InChI is InChI=1S/C46H29N3/c1-2-12-32(13-3-1)45-48-43(31-23-21-30(22-24-31)42-20-10-11-27-47-42)29-44(49-45)33-25-26-41-37(28-33)36-16-6-9-19-40(36)46(41)38-17-7-4-14-34(38)35-15-5-8-18-39(35)46/h1-29H. The molecule has 0 unspecified atom stereocenters. The van der Waals surface area contributed by atoms with Crippen molar-refractivity contribution in [2.45, 2.75) is 5.41 Å². The fourth-order valence-electron chi connectivity index (χ4n) is 8.06. The van der Waals surface area contributed by atoms with Crippen LogP contribution in [0.2, 0.25) is 0 Å². The predicted molar refractivity (Wildman–Crippen MR) is 198 cm³/mol. The molecule has 6 aromatic carbocycles. The van der Waals surface area contributed by atoms with Crippen molar-refractivity contribution in [1.82, 2.24) is 15.0 Å². The fraction of sp³-hybridized carbons (Fsp3) is 0.0217. The number of pyridine rings is 1. The molecule has 0 saturated heterocycles. The Labute approximate surface area is 285 Å². The van der Waals surface area contributed by atoms with E-state index >= 15 is 0 Å². The van der Waals surface area contributed by atoms with Crippen LogP contribution in [0.25, 0.3) is 67.4 Å². The summed E-state index contributed by atoms with van der Waals surface area (Å²) in [6, 6.07) is 60.6. The molecule has 2 heterocycles. The van der Waals surface area contributed by atoms with Gasteiger partial charge in [0.05, 0.1) is 22.5 Å². The third-order valence-corrected chi connectivity index (χ3v) is 10.2. The third-order valence-electron chi connectivity index (χ3n) is 10.2. The first-order valence-electron chi connectivity index (χ1n) is 16.7. The molecule has 0 bridgehead atoms. The molecule has 3 heteroatoms. The molecule has 0 amide bonds. The number of rotatable bonds is 4. The SMILES string of the molecule is c1ccc(-c2nc(-c3ccc(-c4ccccn4)cc3)cc(-c3ccc4c(c3)-c3ccccc3C43c4ccccc4-c4ccccc43)n2)cc1. The number of fused-ring (bicyclic) bond motifs is 10. The number of hydrogen-bond donors (Lipinski definition) is 0. The summed E-state index contributed by atoms with van der Waals surface area (Å²) in [7, 11) is 0. The van der Waals surface area contributed by atoms with E-state index in [2.05, 4.69) is 138 Å². The highest BCUT2D eigenvalue weighted by Crippen LogP contribution is 2.62. The summed E-state index contributed by atoms with van der Waals surface area (Å²) in [6.07, 6.45) is 1.83. The van der Waals surface area contributed by atoms with E-state index in [1.165, 1.54) is 44.5 Å². The van der Waals surface area contributed by atoms with Gasteiger partial charge in [0, 0.05) is 28.5 Å². The van der Waals surface area contributed by atoms with E-state index in [-0.39, 0.29) is 5.41 Å². The molecule has 1 spiro atoms. The van der Waals surface area contributed by atoms with E-state index in [0.717, 1.165) is 39.3 Å². The predicted octanol–water partition coefficient (Wildman–Crippen LogP) is 10.9. The zero-order chi connectivity index (χ0) is 32.4. The average molecular weight is 624 g/mol. The van der Waals surface area contributed by atoms with E-state index < -0.39 is 0 Å². The van der Waals surface area contributed by atoms with Crippen molar-refractivity contribution >= 4 is 0 Å². The zero-order valence-electron chi connectivity index (χ0n) is 26.6. The lowest BCUT2D eigenvalue weighted by Gasteiger charge is -2.30. The van der Waals surface area contributed by atoms with Gasteiger partial charge in [-0.05, 0) is 68.8 Å². The van der Waals surface area contributed by atoms with Gasteiger partial charge in [0.1, 0.15) is 0 Å². The first kappa shape index (κ1) is 27.6. The van der Waals surface area contributed by atoms with Crippen molar-refractivity contribution in [2.24, 2.45) is 0 Å². The molecule has 0 atom stereocenters. The van der Waals surface area contributed by atoms with Gasteiger partial charge in [0.25, 0.3) is 0 Å². The quantitative estimate of drug-likeness (QED) is 0.196.